The maximum Gasteiger partial charge on any atom is 0.245 e. The molecule has 0 bridgehead atoms. The Kier molecular flexibility index (Phi) is 7.96. The van der Waals surface area contributed by atoms with Crippen molar-refractivity contribution in [3.05, 3.63) is 0 Å². The van der Waals surface area contributed by atoms with E-state index in [0.717, 1.165) is 0 Å². The van der Waals surface area contributed by atoms with E-state index in [0.29, 0.717) is 25.9 Å². The molecule has 0 saturated heterocycles. The van der Waals surface area contributed by atoms with Crippen LogP contribution in [0.3, 0.4) is 0 Å². The Balaban J connectivity index is 3.40. The molecule has 0 rings (SSSR count). The van der Waals surface area contributed by atoms with Crippen LogP contribution in [0.15, 0.2) is 10.2 Å². The summed E-state index contributed by atoms with van der Waals surface area (Å²) < 4.78 is 0. The van der Waals surface area contributed by atoms with E-state index >= 15 is 0 Å². The van der Waals surface area contributed by atoms with Gasteiger partial charge >= 0.3 is 0 Å². The summed E-state index contributed by atoms with van der Waals surface area (Å²) >= 11 is 0. The normalized spacial score (nSPS) is 10.8. The highest BCUT2D eigenvalue weighted by molar-refractivity contribution is 5.74. The zero-order valence-corrected chi connectivity index (χ0v) is 8.64. The fraction of sp³-hybridized carbons (Fsp3) is 0.875. The van der Waals surface area contributed by atoms with Crippen LogP contribution in [0.5, 0.6) is 0 Å². The van der Waals surface area contributed by atoms with Crippen molar-refractivity contribution < 1.29 is 14.7 Å². The van der Waals surface area contributed by atoms with Crippen LogP contribution in [0.2, 0.25) is 0 Å². The van der Waals surface area contributed by atoms with Gasteiger partial charge in [-0.1, -0.05) is 0 Å². The van der Waals surface area contributed by atoms with E-state index in [4.69, 9.17) is 9.94 Å². The molecule has 0 aromatic rings. The number of hydroxylamine groups is 2. The van der Waals surface area contributed by atoms with E-state index in [1.165, 1.54) is 12.2 Å². The van der Waals surface area contributed by atoms with Gasteiger partial charge in [-0.15, -0.1) is 0 Å². The Bertz CT molecular complexity index is 185. The molecule has 14 heavy (non-hydrogen) atoms. The highest BCUT2D eigenvalue weighted by Crippen LogP contribution is 1.96. The number of amides is 1. The first-order chi connectivity index (χ1) is 6.72. The highest BCUT2D eigenvalue weighted by atomic mass is 16.7. The Hall–Kier alpha value is -1.01. The van der Waals surface area contributed by atoms with E-state index in [-0.39, 0.29) is 12.5 Å². The van der Waals surface area contributed by atoms with Gasteiger partial charge in [-0.05, 0) is 6.42 Å². The fourth-order valence-corrected chi connectivity index (χ4v) is 0.746. The predicted molar refractivity (Wildman–Crippen MR) is 50.7 cm³/mol. The van der Waals surface area contributed by atoms with Crippen LogP contribution < -0.4 is 0 Å². The van der Waals surface area contributed by atoms with Gasteiger partial charge in [-0.2, -0.15) is 10.2 Å². The summed E-state index contributed by atoms with van der Waals surface area (Å²) in [5, 5.41) is 17.0. The third-order valence-corrected chi connectivity index (χ3v) is 1.57. The zero-order valence-electron chi connectivity index (χ0n) is 8.64. The number of azo groups is 1. The van der Waals surface area contributed by atoms with Gasteiger partial charge in [0.05, 0.1) is 26.8 Å². The average Bonchev–Trinajstić information content (AvgIpc) is 2.21. The molecule has 6 heteroatoms. The quantitative estimate of drug-likeness (QED) is 0.365. The molecule has 0 unspecified atom stereocenters. The molecule has 0 aromatic carbocycles. The molecule has 0 aliphatic carbocycles. The monoisotopic (exact) mass is 203 g/mol. The number of nitrogens with zero attached hydrogens (tertiary/aromatic N) is 3. The number of aliphatic hydroxyl groups excluding tert-OH is 1. The van der Waals surface area contributed by atoms with Crippen LogP contribution in [0.25, 0.3) is 0 Å². The van der Waals surface area contributed by atoms with Crippen molar-refractivity contribution in [1.29, 1.82) is 0 Å². The molecule has 1 amide bonds. The molecule has 0 radical (unpaired) electrons. The summed E-state index contributed by atoms with van der Waals surface area (Å²) in [5.41, 5.74) is 0. The predicted octanol–water partition coefficient (Wildman–Crippen LogP) is 0.231. The molecule has 1 N–H and O–H groups in total. The Labute approximate surface area is 83.5 Å². The molecule has 82 valence electrons. The summed E-state index contributed by atoms with van der Waals surface area (Å²) in [5.74, 6) is -0.0788. The molecule has 0 aliphatic heterocycles. The molecule has 0 heterocycles. The zero-order chi connectivity index (χ0) is 10.8. The van der Waals surface area contributed by atoms with Gasteiger partial charge in [0.25, 0.3) is 0 Å². The number of hydrogen-bond acceptors (Lipinski definition) is 5. The van der Waals surface area contributed by atoms with E-state index in [1.807, 2.05) is 0 Å². The number of aliphatic hydroxyl groups is 1. The smallest absolute Gasteiger partial charge is 0.245 e. The minimum Gasteiger partial charge on any atom is -0.394 e. The minimum absolute atomic E-state index is 0.00877. The lowest BCUT2D eigenvalue weighted by Gasteiger charge is -2.12. The van der Waals surface area contributed by atoms with Crippen molar-refractivity contribution in [3.8, 4) is 0 Å². The standard InChI is InChI=1S/C8H17N3O3/c1-11(14-2)8(13)4-3-5-9-10-6-7-12/h12H,3-7H2,1-2H3. The third-order valence-electron chi connectivity index (χ3n) is 1.57. The lowest BCUT2D eigenvalue weighted by Crippen LogP contribution is -2.25. The summed E-state index contributed by atoms with van der Waals surface area (Å²) in [4.78, 5) is 15.9. The largest absolute Gasteiger partial charge is 0.394 e. The fourth-order valence-electron chi connectivity index (χ4n) is 0.746. The van der Waals surface area contributed by atoms with Crippen LogP contribution in [-0.4, -0.2) is 49.9 Å². The van der Waals surface area contributed by atoms with Crippen molar-refractivity contribution in [2.24, 2.45) is 10.2 Å². The van der Waals surface area contributed by atoms with E-state index in [2.05, 4.69) is 10.2 Å². The van der Waals surface area contributed by atoms with E-state index in [1.54, 1.807) is 7.05 Å². The molecular formula is C8H17N3O3. The highest BCUT2D eigenvalue weighted by Gasteiger charge is 2.05. The van der Waals surface area contributed by atoms with Crippen LogP contribution in [0.4, 0.5) is 0 Å². The second kappa shape index (κ2) is 8.58. The van der Waals surface area contributed by atoms with Gasteiger partial charge in [0, 0.05) is 13.5 Å². The lowest BCUT2D eigenvalue weighted by atomic mass is 10.3. The topological polar surface area (TPSA) is 74.5 Å². The second-order valence-corrected chi connectivity index (χ2v) is 2.63. The van der Waals surface area contributed by atoms with Gasteiger partial charge in [-0.3, -0.25) is 9.63 Å². The van der Waals surface area contributed by atoms with Crippen LogP contribution in [0, 0.1) is 0 Å². The molecule has 0 aliphatic rings. The first-order valence-electron chi connectivity index (χ1n) is 4.47. The molecule has 6 nitrogen and oxygen atoms in total. The van der Waals surface area contributed by atoms with Crippen molar-refractivity contribution >= 4 is 5.91 Å². The van der Waals surface area contributed by atoms with Crippen molar-refractivity contribution in [2.45, 2.75) is 12.8 Å². The van der Waals surface area contributed by atoms with E-state index in [9.17, 15) is 4.79 Å². The van der Waals surface area contributed by atoms with E-state index < -0.39 is 0 Å². The van der Waals surface area contributed by atoms with Gasteiger partial charge in [0.1, 0.15) is 0 Å². The Morgan fingerprint density at radius 2 is 2.07 bits per heavy atom. The number of carbonyl (C=O) groups excluding carboxylic acids is 1. The molecular weight excluding hydrogens is 186 g/mol. The Morgan fingerprint density at radius 3 is 2.64 bits per heavy atom. The van der Waals surface area contributed by atoms with Crippen LogP contribution >= 0.6 is 0 Å². The van der Waals surface area contributed by atoms with Gasteiger partial charge in [-0.25, -0.2) is 5.06 Å². The van der Waals surface area contributed by atoms with Crippen LogP contribution in [-0.2, 0) is 9.63 Å². The summed E-state index contributed by atoms with van der Waals surface area (Å²) in [6.07, 6.45) is 1.03. The number of rotatable bonds is 7. The average molecular weight is 203 g/mol. The molecule has 0 atom stereocenters. The van der Waals surface area contributed by atoms with Crippen molar-refractivity contribution in [2.75, 3.05) is 33.9 Å². The number of hydrogen-bond donors (Lipinski definition) is 1. The molecule has 0 saturated carbocycles. The second-order valence-electron chi connectivity index (χ2n) is 2.63. The van der Waals surface area contributed by atoms with Gasteiger partial charge in [0.2, 0.25) is 5.91 Å². The molecule has 0 fully saturated rings. The maximum atomic E-state index is 11.2. The SMILES string of the molecule is CON(C)C(=O)CCCN=NCCO. The van der Waals surface area contributed by atoms with Crippen LogP contribution in [0.1, 0.15) is 12.8 Å². The first-order valence-corrected chi connectivity index (χ1v) is 4.47. The van der Waals surface area contributed by atoms with Crippen molar-refractivity contribution in [3.63, 3.8) is 0 Å². The summed E-state index contributed by atoms with van der Waals surface area (Å²) in [6.45, 7) is 0.837. The maximum absolute atomic E-state index is 11.2. The number of carbonyl (C=O) groups is 1. The third kappa shape index (κ3) is 6.50. The lowest BCUT2D eigenvalue weighted by molar-refractivity contribution is -0.168. The first kappa shape index (κ1) is 13.0. The molecule has 0 aromatic heterocycles. The van der Waals surface area contributed by atoms with Gasteiger partial charge < -0.3 is 5.11 Å². The molecule has 0 spiro atoms. The summed E-state index contributed by atoms with van der Waals surface area (Å²) in [7, 11) is 3.01. The van der Waals surface area contributed by atoms with Gasteiger partial charge in [0.15, 0.2) is 0 Å². The minimum atomic E-state index is -0.0788. The Morgan fingerprint density at radius 1 is 1.43 bits per heavy atom. The summed E-state index contributed by atoms with van der Waals surface area (Å²) in [6, 6.07) is 0. The van der Waals surface area contributed by atoms with Crippen molar-refractivity contribution in [1.82, 2.24) is 5.06 Å².